The summed E-state index contributed by atoms with van der Waals surface area (Å²) in [5.41, 5.74) is -2.46. The Morgan fingerprint density at radius 3 is 2.76 bits per heavy atom. The van der Waals surface area contributed by atoms with Gasteiger partial charge in [-0.05, 0) is 54.9 Å². The minimum atomic E-state index is -4.32. The fourth-order valence-corrected chi connectivity index (χ4v) is 6.07. The van der Waals surface area contributed by atoms with E-state index in [1.54, 1.807) is 30.0 Å². The van der Waals surface area contributed by atoms with E-state index in [0.29, 0.717) is 25.7 Å². The van der Waals surface area contributed by atoms with Crippen LogP contribution < -0.4 is 10.2 Å². The van der Waals surface area contributed by atoms with E-state index in [2.05, 4.69) is 21.2 Å². The topological polar surface area (TPSA) is 44.8 Å². The van der Waals surface area contributed by atoms with Gasteiger partial charge >= 0.3 is 11.5 Å². The van der Waals surface area contributed by atoms with Crippen molar-refractivity contribution in [2.45, 2.75) is 46.0 Å². The molecule has 2 aromatic carbocycles. The molecule has 0 aromatic heterocycles. The van der Waals surface area contributed by atoms with Gasteiger partial charge in [-0.2, -0.15) is 13.2 Å². The molecule has 5 nitrogen and oxygen atoms in total. The van der Waals surface area contributed by atoms with E-state index in [1.165, 1.54) is 6.92 Å². The van der Waals surface area contributed by atoms with Crippen molar-refractivity contribution in [3.05, 3.63) is 42.5 Å². The highest BCUT2D eigenvalue weighted by Crippen LogP contribution is 2.50. The molecule has 2 aliphatic rings. The normalized spacial score (nSPS) is 18.4. The number of nitrogens with one attached hydrogen (secondary N) is 1. The number of halogens is 3. The number of hydrogen-bond donors (Lipinski definition) is 1. The molecular formula is C24H28F3N3O2S2. The molecule has 1 unspecified atom stereocenters. The van der Waals surface area contributed by atoms with Crippen LogP contribution in [0.2, 0.25) is 0 Å². The van der Waals surface area contributed by atoms with Gasteiger partial charge in [-0.25, -0.2) is 0 Å². The van der Waals surface area contributed by atoms with E-state index >= 15 is 0 Å². The van der Waals surface area contributed by atoms with Gasteiger partial charge in [0.25, 0.3) is 0 Å². The zero-order chi connectivity index (χ0) is 24.1. The van der Waals surface area contributed by atoms with Crippen LogP contribution in [0.3, 0.4) is 0 Å². The predicted molar refractivity (Wildman–Crippen MR) is 130 cm³/mol. The summed E-state index contributed by atoms with van der Waals surface area (Å²) >= 11 is 1.52. The molecule has 0 amide bonds. The number of piperazine rings is 1. The van der Waals surface area contributed by atoms with Crippen LogP contribution in [0.5, 0.6) is 0 Å². The van der Waals surface area contributed by atoms with Crippen LogP contribution in [-0.2, 0) is 9.53 Å². The predicted octanol–water partition coefficient (Wildman–Crippen LogP) is 5.52. The third-order valence-electron chi connectivity index (χ3n) is 5.91. The van der Waals surface area contributed by atoms with Crippen molar-refractivity contribution in [3.8, 4) is 0 Å². The molecule has 2 aliphatic heterocycles. The Balaban J connectivity index is 1.46. The van der Waals surface area contributed by atoms with Gasteiger partial charge in [-0.15, -0.1) is 0 Å². The number of para-hydroxylation sites is 1. The molecule has 4 rings (SSSR count). The van der Waals surface area contributed by atoms with Crippen molar-refractivity contribution < 1.29 is 22.7 Å². The number of fused-ring (bicyclic) bond motifs is 2. The summed E-state index contributed by atoms with van der Waals surface area (Å²) in [4.78, 5) is 17.9. The highest BCUT2D eigenvalue weighted by molar-refractivity contribution is 8.00. The average molecular weight is 512 g/mol. The molecule has 0 spiro atoms. The van der Waals surface area contributed by atoms with Crippen molar-refractivity contribution >= 4 is 40.9 Å². The number of alkyl halides is 3. The molecule has 1 saturated heterocycles. The maximum atomic E-state index is 13.0. The lowest BCUT2D eigenvalue weighted by Gasteiger charge is -2.37. The average Bonchev–Trinajstić information content (AvgIpc) is 2.78. The van der Waals surface area contributed by atoms with E-state index < -0.39 is 5.51 Å². The number of ether oxygens (including phenoxy) is 1. The third-order valence-corrected chi connectivity index (χ3v) is 7.76. The number of esters is 1. The molecule has 184 valence electrons. The van der Waals surface area contributed by atoms with Crippen LogP contribution in [0.4, 0.5) is 24.5 Å². The Bertz CT molecular complexity index is 1010. The van der Waals surface area contributed by atoms with Crippen molar-refractivity contribution in [1.82, 2.24) is 10.2 Å². The van der Waals surface area contributed by atoms with E-state index in [4.69, 9.17) is 4.74 Å². The van der Waals surface area contributed by atoms with Crippen LogP contribution in [-0.4, -0.2) is 61.8 Å². The summed E-state index contributed by atoms with van der Waals surface area (Å²) in [6.45, 7) is 5.89. The Morgan fingerprint density at radius 2 is 1.97 bits per heavy atom. The van der Waals surface area contributed by atoms with Gasteiger partial charge in [-0.3, -0.25) is 9.69 Å². The fourth-order valence-electron chi connectivity index (χ4n) is 4.42. The SMILES string of the molecule is CC(=O)OCCN1CCNCC1CCCN1c2ccccc2Sc2ccc(SC(F)(F)F)cc21. The molecular weight excluding hydrogens is 483 g/mol. The third kappa shape index (κ3) is 6.62. The van der Waals surface area contributed by atoms with Crippen molar-refractivity contribution in [3.63, 3.8) is 0 Å². The number of thioether (sulfide) groups is 1. The van der Waals surface area contributed by atoms with Gasteiger partial charge in [-0.1, -0.05) is 23.9 Å². The molecule has 1 N–H and O–H groups in total. The maximum Gasteiger partial charge on any atom is 0.446 e. The van der Waals surface area contributed by atoms with Crippen molar-refractivity contribution in [2.75, 3.05) is 44.2 Å². The second kappa shape index (κ2) is 11.2. The van der Waals surface area contributed by atoms with Crippen molar-refractivity contribution in [1.29, 1.82) is 0 Å². The first-order valence-electron chi connectivity index (χ1n) is 11.3. The summed E-state index contributed by atoms with van der Waals surface area (Å²) in [6, 6.07) is 13.3. The molecule has 0 bridgehead atoms. The second-order valence-corrected chi connectivity index (χ2v) is 10.5. The lowest BCUT2D eigenvalue weighted by Crippen LogP contribution is -2.52. The number of anilines is 2. The van der Waals surface area contributed by atoms with Crippen LogP contribution in [0.25, 0.3) is 0 Å². The molecule has 1 atom stereocenters. The molecule has 1 fully saturated rings. The quantitative estimate of drug-likeness (QED) is 0.370. The van der Waals surface area contributed by atoms with E-state index in [9.17, 15) is 18.0 Å². The Kier molecular flexibility index (Phi) is 8.34. The first-order chi connectivity index (χ1) is 16.3. The summed E-state index contributed by atoms with van der Waals surface area (Å²) in [5, 5.41) is 3.44. The fraction of sp³-hybridized carbons (Fsp3) is 0.458. The second-order valence-electron chi connectivity index (χ2n) is 8.27. The number of carbonyl (C=O) groups is 1. The molecule has 10 heteroatoms. The van der Waals surface area contributed by atoms with Gasteiger partial charge in [0.2, 0.25) is 0 Å². The number of hydrogen-bond acceptors (Lipinski definition) is 7. The van der Waals surface area contributed by atoms with Crippen LogP contribution in [0.1, 0.15) is 19.8 Å². The summed E-state index contributed by atoms with van der Waals surface area (Å²) in [6.07, 6.45) is 1.82. The first-order valence-corrected chi connectivity index (χ1v) is 13.0. The Morgan fingerprint density at radius 1 is 1.18 bits per heavy atom. The highest BCUT2D eigenvalue weighted by atomic mass is 32.2. The zero-order valence-electron chi connectivity index (χ0n) is 18.9. The standard InChI is InChI=1S/C24H28F3N3O2S2/c1-17(31)32-14-13-29-12-10-28-16-18(29)5-4-11-30-20-6-2-3-7-22(20)33-23-9-8-19(15-21(23)30)34-24(25,26)27/h2-3,6-9,15,18,28H,4-5,10-14,16H2,1H3. The minimum Gasteiger partial charge on any atom is -0.465 e. The molecule has 2 heterocycles. The van der Waals surface area contributed by atoms with Crippen LogP contribution in [0.15, 0.2) is 57.2 Å². The summed E-state index contributed by atoms with van der Waals surface area (Å²) < 4.78 is 44.1. The summed E-state index contributed by atoms with van der Waals surface area (Å²) in [5.74, 6) is -0.268. The van der Waals surface area contributed by atoms with E-state index in [-0.39, 0.29) is 22.6 Å². The van der Waals surface area contributed by atoms with Gasteiger partial charge in [0.05, 0.1) is 11.4 Å². The van der Waals surface area contributed by atoms with Gasteiger partial charge in [0.15, 0.2) is 0 Å². The number of carbonyl (C=O) groups excluding carboxylic acids is 1. The number of rotatable bonds is 8. The zero-order valence-corrected chi connectivity index (χ0v) is 20.6. The largest absolute Gasteiger partial charge is 0.465 e. The monoisotopic (exact) mass is 511 g/mol. The minimum absolute atomic E-state index is 0.0734. The van der Waals surface area contributed by atoms with Gasteiger partial charge in [0, 0.05) is 60.4 Å². The maximum absolute atomic E-state index is 13.0. The summed E-state index contributed by atoms with van der Waals surface area (Å²) in [7, 11) is 0. The van der Waals surface area contributed by atoms with E-state index in [1.807, 2.05) is 18.2 Å². The molecule has 34 heavy (non-hydrogen) atoms. The lowest BCUT2D eigenvalue weighted by atomic mass is 10.1. The first kappa shape index (κ1) is 25.2. The molecule has 0 saturated carbocycles. The van der Waals surface area contributed by atoms with E-state index in [0.717, 1.165) is 53.6 Å². The van der Waals surface area contributed by atoms with Gasteiger partial charge < -0.3 is 15.0 Å². The van der Waals surface area contributed by atoms with Gasteiger partial charge in [0.1, 0.15) is 6.61 Å². The van der Waals surface area contributed by atoms with Crippen molar-refractivity contribution in [2.24, 2.45) is 0 Å². The highest BCUT2D eigenvalue weighted by Gasteiger charge is 2.31. The van der Waals surface area contributed by atoms with Crippen LogP contribution in [0, 0.1) is 0 Å². The molecule has 0 radical (unpaired) electrons. The number of nitrogens with zero attached hydrogens (tertiary/aromatic N) is 2. The molecule has 0 aliphatic carbocycles. The Labute approximate surface area is 206 Å². The molecule has 2 aromatic rings. The lowest BCUT2D eigenvalue weighted by molar-refractivity contribution is -0.141. The number of benzene rings is 2. The Hall–Kier alpha value is -1.88. The smallest absolute Gasteiger partial charge is 0.446 e. The van der Waals surface area contributed by atoms with Crippen LogP contribution >= 0.6 is 23.5 Å².